The summed E-state index contributed by atoms with van der Waals surface area (Å²) in [7, 11) is 0. The smallest absolute Gasteiger partial charge is 0.222 e. The molecule has 4 nitrogen and oxygen atoms in total. The number of likely N-dealkylation sites (tertiary alicyclic amines) is 2. The van der Waals surface area contributed by atoms with Crippen LogP contribution in [0, 0.1) is 11.2 Å². The highest BCUT2D eigenvalue weighted by Crippen LogP contribution is 2.39. The fourth-order valence-corrected chi connectivity index (χ4v) is 4.45. The quantitative estimate of drug-likeness (QED) is 0.868. The predicted octanol–water partition coefficient (Wildman–Crippen LogP) is 3.07. The number of aliphatic hydroxyl groups excluding tert-OH is 1. The summed E-state index contributed by atoms with van der Waals surface area (Å²) >= 11 is 5.90. The first kappa shape index (κ1) is 18.6. The number of aliphatic hydroxyl groups is 1. The lowest BCUT2D eigenvalue weighted by atomic mass is 9.73. The number of amides is 1. The Morgan fingerprint density at radius 1 is 1.28 bits per heavy atom. The molecule has 1 N–H and O–H groups in total. The minimum atomic E-state index is -0.383. The first-order chi connectivity index (χ1) is 12.0. The zero-order valence-corrected chi connectivity index (χ0v) is 15.3. The van der Waals surface area contributed by atoms with Gasteiger partial charge in [-0.25, -0.2) is 4.39 Å². The minimum absolute atomic E-state index is 0.119. The highest BCUT2D eigenvalue weighted by Gasteiger charge is 2.41. The number of hydrogen-bond donors (Lipinski definition) is 1. The molecular formula is C19H26ClFN2O2. The molecule has 1 aromatic rings. The number of carbonyl (C=O) groups excluding carboxylic acids is 1. The van der Waals surface area contributed by atoms with Crippen molar-refractivity contribution in [3.8, 4) is 0 Å². The summed E-state index contributed by atoms with van der Waals surface area (Å²) in [6.45, 7) is 4.27. The van der Waals surface area contributed by atoms with Crippen LogP contribution in [0.15, 0.2) is 18.2 Å². The Hall–Kier alpha value is -1.17. The van der Waals surface area contributed by atoms with Gasteiger partial charge >= 0.3 is 0 Å². The average molecular weight is 369 g/mol. The Balaban J connectivity index is 1.65. The second kappa shape index (κ2) is 8.02. The van der Waals surface area contributed by atoms with Crippen molar-refractivity contribution in [2.75, 3.05) is 32.8 Å². The molecule has 0 unspecified atom stereocenters. The van der Waals surface area contributed by atoms with Crippen LogP contribution in [-0.2, 0) is 11.3 Å². The van der Waals surface area contributed by atoms with Crippen LogP contribution in [0.25, 0.3) is 0 Å². The van der Waals surface area contributed by atoms with Crippen molar-refractivity contribution in [3.63, 3.8) is 0 Å². The molecule has 1 atom stereocenters. The van der Waals surface area contributed by atoms with Crippen molar-refractivity contribution in [1.29, 1.82) is 0 Å². The Morgan fingerprint density at radius 2 is 2.12 bits per heavy atom. The van der Waals surface area contributed by atoms with Crippen LogP contribution < -0.4 is 0 Å². The molecule has 0 bridgehead atoms. The van der Waals surface area contributed by atoms with E-state index in [1.54, 1.807) is 12.1 Å². The predicted molar refractivity (Wildman–Crippen MR) is 95.9 cm³/mol. The van der Waals surface area contributed by atoms with E-state index in [0.29, 0.717) is 19.4 Å². The zero-order chi connectivity index (χ0) is 17.9. The standard InChI is InChI=1S/C19H26ClFN2O2/c20-16-11-15(3-4-17(16)21)12-22-8-1-6-19(13-22)7-5-18(25)23(14-19)9-2-10-24/h3-4,11,24H,1-2,5-10,12-14H2/t19-/m1/s1. The third-order valence-corrected chi connectivity index (χ3v) is 5.75. The number of rotatable bonds is 5. The minimum Gasteiger partial charge on any atom is -0.396 e. The van der Waals surface area contributed by atoms with Crippen molar-refractivity contribution >= 4 is 17.5 Å². The lowest BCUT2D eigenvalue weighted by Gasteiger charge is -2.48. The maximum atomic E-state index is 13.3. The third-order valence-electron chi connectivity index (χ3n) is 5.46. The van der Waals surface area contributed by atoms with Crippen LogP contribution in [0.2, 0.25) is 5.02 Å². The molecule has 25 heavy (non-hydrogen) atoms. The second-order valence-corrected chi connectivity index (χ2v) is 7.86. The summed E-state index contributed by atoms with van der Waals surface area (Å²) in [6.07, 6.45) is 4.41. The van der Waals surface area contributed by atoms with Gasteiger partial charge in [0, 0.05) is 44.6 Å². The lowest BCUT2D eigenvalue weighted by Crippen LogP contribution is -2.54. The normalized spacial score (nSPS) is 24.9. The van der Waals surface area contributed by atoms with Gasteiger partial charge in [-0.15, -0.1) is 0 Å². The van der Waals surface area contributed by atoms with Crippen LogP contribution in [-0.4, -0.2) is 53.6 Å². The van der Waals surface area contributed by atoms with Crippen LogP contribution >= 0.6 is 11.6 Å². The maximum Gasteiger partial charge on any atom is 0.222 e. The topological polar surface area (TPSA) is 43.8 Å². The van der Waals surface area contributed by atoms with E-state index < -0.39 is 0 Å². The van der Waals surface area contributed by atoms with E-state index in [1.807, 2.05) is 4.90 Å². The number of hydrogen-bond acceptors (Lipinski definition) is 3. The van der Waals surface area contributed by atoms with E-state index in [4.69, 9.17) is 16.7 Å². The number of piperidine rings is 2. The molecule has 2 aliphatic heterocycles. The van der Waals surface area contributed by atoms with Crippen molar-refractivity contribution < 1.29 is 14.3 Å². The van der Waals surface area contributed by atoms with E-state index >= 15 is 0 Å². The Labute approximate surface area is 153 Å². The van der Waals surface area contributed by atoms with Gasteiger partial charge in [-0.05, 0) is 49.9 Å². The molecule has 0 aliphatic carbocycles. The second-order valence-electron chi connectivity index (χ2n) is 7.46. The Morgan fingerprint density at radius 3 is 2.88 bits per heavy atom. The van der Waals surface area contributed by atoms with Gasteiger partial charge < -0.3 is 10.0 Å². The maximum absolute atomic E-state index is 13.3. The van der Waals surface area contributed by atoms with E-state index in [9.17, 15) is 9.18 Å². The van der Waals surface area contributed by atoms with Crippen LogP contribution in [0.5, 0.6) is 0 Å². The molecule has 138 valence electrons. The molecule has 2 aliphatic rings. The molecule has 2 heterocycles. The summed E-state index contributed by atoms with van der Waals surface area (Å²) in [5.74, 6) is -0.174. The van der Waals surface area contributed by atoms with Crippen molar-refractivity contribution in [3.05, 3.63) is 34.6 Å². The lowest BCUT2D eigenvalue weighted by molar-refractivity contribution is -0.139. The molecule has 1 aromatic carbocycles. The largest absolute Gasteiger partial charge is 0.396 e. The van der Waals surface area contributed by atoms with Gasteiger partial charge in [0.2, 0.25) is 5.91 Å². The number of carbonyl (C=O) groups is 1. The van der Waals surface area contributed by atoms with Gasteiger partial charge in [-0.2, -0.15) is 0 Å². The number of halogens is 2. The third kappa shape index (κ3) is 4.52. The van der Waals surface area contributed by atoms with Gasteiger partial charge in [0.1, 0.15) is 5.82 Å². The number of benzene rings is 1. The monoisotopic (exact) mass is 368 g/mol. The first-order valence-corrected chi connectivity index (χ1v) is 9.44. The van der Waals surface area contributed by atoms with Crippen LogP contribution in [0.1, 0.15) is 37.7 Å². The summed E-state index contributed by atoms with van der Waals surface area (Å²) < 4.78 is 13.3. The molecule has 6 heteroatoms. The van der Waals surface area contributed by atoms with Gasteiger partial charge in [-0.1, -0.05) is 17.7 Å². The van der Waals surface area contributed by atoms with Crippen LogP contribution in [0.4, 0.5) is 4.39 Å². The zero-order valence-electron chi connectivity index (χ0n) is 14.5. The molecule has 1 spiro atoms. The molecular weight excluding hydrogens is 343 g/mol. The van der Waals surface area contributed by atoms with Gasteiger partial charge in [-0.3, -0.25) is 9.69 Å². The van der Waals surface area contributed by atoms with Crippen molar-refractivity contribution in [2.24, 2.45) is 5.41 Å². The van der Waals surface area contributed by atoms with Crippen LogP contribution in [0.3, 0.4) is 0 Å². The first-order valence-electron chi connectivity index (χ1n) is 9.06. The fraction of sp³-hybridized carbons (Fsp3) is 0.632. The molecule has 2 fully saturated rings. The molecule has 1 amide bonds. The molecule has 0 radical (unpaired) electrons. The fourth-order valence-electron chi connectivity index (χ4n) is 4.24. The SMILES string of the molecule is O=C1CC[C@@]2(CCCN(Cc3ccc(F)c(Cl)c3)C2)CN1CCCO. The highest BCUT2D eigenvalue weighted by atomic mass is 35.5. The van der Waals surface area contributed by atoms with Crippen molar-refractivity contribution in [1.82, 2.24) is 9.80 Å². The van der Waals surface area contributed by atoms with E-state index in [2.05, 4.69) is 4.90 Å². The average Bonchev–Trinajstić information content (AvgIpc) is 2.59. The molecule has 2 saturated heterocycles. The highest BCUT2D eigenvalue weighted by molar-refractivity contribution is 6.30. The van der Waals surface area contributed by atoms with E-state index in [1.165, 1.54) is 6.07 Å². The van der Waals surface area contributed by atoms with Gasteiger partial charge in [0.05, 0.1) is 5.02 Å². The Kier molecular flexibility index (Phi) is 5.97. The summed E-state index contributed by atoms with van der Waals surface area (Å²) in [4.78, 5) is 16.5. The summed E-state index contributed by atoms with van der Waals surface area (Å²) in [6, 6.07) is 4.92. The summed E-state index contributed by atoms with van der Waals surface area (Å²) in [5, 5.41) is 9.22. The van der Waals surface area contributed by atoms with E-state index in [-0.39, 0.29) is 28.8 Å². The molecule has 0 saturated carbocycles. The van der Waals surface area contributed by atoms with E-state index in [0.717, 1.165) is 51.0 Å². The van der Waals surface area contributed by atoms with Gasteiger partial charge in [0.15, 0.2) is 0 Å². The van der Waals surface area contributed by atoms with Crippen molar-refractivity contribution in [2.45, 2.75) is 38.6 Å². The molecule has 0 aromatic heterocycles. The van der Waals surface area contributed by atoms with Gasteiger partial charge in [0.25, 0.3) is 0 Å². The Bertz CT molecular complexity index is 627. The number of nitrogens with zero attached hydrogens (tertiary/aromatic N) is 2. The molecule has 3 rings (SSSR count). The summed E-state index contributed by atoms with van der Waals surface area (Å²) in [5.41, 5.74) is 1.17.